The SMILES string of the molecule is COC(=O)C1CCN1C(C)C12CC3CC(CC(C3)C1)C2. The Hall–Kier alpha value is -0.570. The van der Waals surface area contributed by atoms with E-state index in [9.17, 15) is 4.79 Å². The zero-order valence-corrected chi connectivity index (χ0v) is 12.8. The molecule has 3 nitrogen and oxygen atoms in total. The van der Waals surface area contributed by atoms with Crippen LogP contribution in [0.15, 0.2) is 0 Å². The zero-order chi connectivity index (χ0) is 13.9. The van der Waals surface area contributed by atoms with Crippen molar-refractivity contribution >= 4 is 5.97 Å². The molecule has 0 N–H and O–H groups in total. The second-order valence-corrected chi connectivity index (χ2v) is 8.02. The normalized spacial score (nSPS) is 47.9. The molecule has 1 aliphatic heterocycles. The van der Waals surface area contributed by atoms with E-state index in [0.29, 0.717) is 11.5 Å². The molecular weight excluding hydrogens is 250 g/mol. The molecule has 4 bridgehead atoms. The summed E-state index contributed by atoms with van der Waals surface area (Å²) in [6, 6.07) is 0.608. The van der Waals surface area contributed by atoms with Gasteiger partial charge in [-0.3, -0.25) is 9.69 Å². The number of carbonyl (C=O) groups is 1. The summed E-state index contributed by atoms with van der Waals surface area (Å²) in [5, 5.41) is 0. The summed E-state index contributed by atoms with van der Waals surface area (Å²) in [5.41, 5.74) is 0.515. The topological polar surface area (TPSA) is 29.5 Å². The van der Waals surface area contributed by atoms with Crippen molar-refractivity contribution in [3.63, 3.8) is 0 Å². The Morgan fingerprint density at radius 2 is 1.70 bits per heavy atom. The van der Waals surface area contributed by atoms with Crippen molar-refractivity contribution in [3.8, 4) is 0 Å². The van der Waals surface area contributed by atoms with Crippen LogP contribution >= 0.6 is 0 Å². The second kappa shape index (κ2) is 4.46. The molecule has 112 valence electrons. The summed E-state index contributed by atoms with van der Waals surface area (Å²) in [4.78, 5) is 14.3. The number of likely N-dealkylation sites (tertiary alicyclic amines) is 1. The van der Waals surface area contributed by atoms with Crippen molar-refractivity contribution in [2.45, 2.75) is 64.0 Å². The number of nitrogens with zero attached hydrogens (tertiary/aromatic N) is 1. The largest absolute Gasteiger partial charge is 0.468 e. The number of rotatable bonds is 3. The van der Waals surface area contributed by atoms with Gasteiger partial charge in [-0.1, -0.05) is 0 Å². The second-order valence-electron chi connectivity index (χ2n) is 8.02. The number of ether oxygens (including phenoxy) is 1. The van der Waals surface area contributed by atoms with Crippen LogP contribution in [-0.4, -0.2) is 36.6 Å². The van der Waals surface area contributed by atoms with Gasteiger partial charge in [-0.25, -0.2) is 0 Å². The van der Waals surface area contributed by atoms with E-state index in [-0.39, 0.29) is 12.0 Å². The fraction of sp³-hybridized carbons (Fsp3) is 0.941. The lowest BCUT2D eigenvalue weighted by molar-refractivity contribution is -0.163. The molecule has 20 heavy (non-hydrogen) atoms. The highest BCUT2D eigenvalue weighted by Crippen LogP contribution is 2.62. The maximum absolute atomic E-state index is 11.9. The van der Waals surface area contributed by atoms with Crippen LogP contribution in [0.3, 0.4) is 0 Å². The van der Waals surface area contributed by atoms with Crippen molar-refractivity contribution in [1.29, 1.82) is 0 Å². The molecule has 2 unspecified atom stereocenters. The molecule has 5 fully saturated rings. The Bertz CT molecular complexity index is 384. The molecule has 2 atom stereocenters. The van der Waals surface area contributed by atoms with E-state index in [1.807, 2.05) is 0 Å². The highest BCUT2D eigenvalue weighted by Gasteiger charge is 2.56. The van der Waals surface area contributed by atoms with Gasteiger partial charge in [-0.2, -0.15) is 0 Å². The van der Waals surface area contributed by atoms with E-state index >= 15 is 0 Å². The first-order valence-electron chi connectivity index (χ1n) is 8.45. The van der Waals surface area contributed by atoms with Gasteiger partial charge in [-0.15, -0.1) is 0 Å². The fourth-order valence-corrected chi connectivity index (χ4v) is 6.30. The molecule has 1 saturated heterocycles. The Morgan fingerprint density at radius 1 is 1.15 bits per heavy atom. The molecule has 0 aromatic rings. The molecular formula is C17H27NO2. The zero-order valence-electron chi connectivity index (χ0n) is 12.8. The van der Waals surface area contributed by atoms with Crippen LogP contribution in [0.4, 0.5) is 0 Å². The van der Waals surface area contributed by atoms with Gasteiger partial charge in [0.1, 0.15) is 6.04 Å². The first kappa shape index (κ1) is 13.1. The summed E-state index contributed by atoms with van der Waals surface area (Å²) >= 11 is 0. The van der Waals surface area contributed by atoms with Crippen molar-refractivity contribution in [3.05, 3.63) is 0 Å². The minimum absolute atomic E-state index is 0.0205. The third kappa shape index (κ3) is 1.78. The molecule has 0 spiro atoms. The van der Waals surface area contributed by atoms with Crippen molar-refractivity contribution in [2.75, 3.05) is 13.7 Å². The standard InChI is InChI=1S/C17H27NO2/c1-11(18-4-3-15(18)16(19)20-2)17-8-12-5-13(9-17)7-14(6-12)10-17/h11-15H,3-10H2,1-2H3. The number of hydrogen-bond acceptors (Lipinski definition) is 3. The minimum Gasteiger partial charge on any atom is -0.468 e. The number of hydrogen-bond donors (Lipinski definition) is 0. The highest BCUT2D eigenvalue weighted by molar-refractivity contribution is 5.76. The Kier molecular flexibility index (Phi) is 2.93. The van der Waals surface area contributed by atoms with Gasteiger partial charge in [0.2, 0.25) is 0 Å². The average Bonchev–Trinajstić information content (AvgIpc) is 2.35. The van der Waals surface area contributed by atoms with Crippen LogP contribution in [0.5, 0.6) is 0 Å². The van der Waals surface area contributed by atoms with Gasteiger partial charge in [0.25, 0.3) is 0 Å². The van der Waals surface area contributed by atoms with Gasteiger partial charge < -0.3 is 4.74 Å². The van der Waals surface area contributed by atoms with E-state index in [0.717, 1.165) is 30.7 Å². The molecule has 3 heteroatoms. The summed E-state index contributed by atoms with van der Waals surface area (Å²) in [6.45, 7) is 3.48. The maximum Gasteiger partial charge on any atom is 0.323 e. The minimum atomic E-state index is -0.0205. The van der Waals surface area contributed by atoms with E-state index in [4.69, 9.17) is 4.74 Å². The predicted octanol–water partition coefficient (Wildman–Crippen LogP) is 2.84. The monoisotopic (exact) mass is 277 g/mol. The summed E-state index contributed by atoms with van der Waals surface area (Å²) in [7, 11) is 1.52. The van der Waals surface area contributed by atoms with Crippen molar-refractivity contribution in [2.24, 2.45) is 23.2 Å². The van der Waals surface area contributed by atoms with Gasteiger partial charge in [0.05, 0.1) is 7.11 Å². The lowest BCUT2D eigenvalue weighted by Crippen LogP contribution is -2.63. The fourth-order valence-electron chi connectivity index (χ4n) is 6.30. The molecule has 0 radical (unpaired) electrons. The van der Waals surface area contributed by atoms with Gasteiger partial charge in [0, 0.05) is 12.6 Å². The van der Waals surface area contributed by atoms with E-state index in [2.05, 4.69) is 11.8 Å². The van der Waals surface area contributed by atoms with Crippen molar-refractivity contribution in [1.82, 2.24) is 4.90 Å². The van der Waals surface area contributed by atoms with E-state index in [1.54, 1.807) is 0 Å². The molecule has 1 heterocycles. The lowest BCUT2D eigenvalue weighted by Gasteiger charge is -2.62. The summed E-state index contributed by atoms with van der Waals surface area (Å²) < 4.78 is 4.97. The van der Waals surface area contributed by atoms with Gasteiger partial charge >= 0.3 is 5.97 Å². The third-order valence-corrected chi connectivity index (χ3v) is 7.00. The molecule has 5 rings (SSSR count). The van der Waals surface area contributed by atoms with Crippen LogP contribution < -0.4 is 0 Å². The Balaban J connectivity index is 1.53. The van der Waals surface area contributed by atoms with E-state index in [1.165, 1.54) is 45.6 Å². The number of methoxy groups -OCH3 is 1. The van der Waals surface area contributed by atoms with Crippen LogP contribution in [-0.2, 0) is 9.53 Å². The highest BCUT2D eigenvalue weighted by atomic mass is 16.5. The van der Waals surface area contributed by atoms with Crippen LogP contribution in [0.25, 0.3) is 0 Å². The summed E-state index contributed by atoms with van der Waals surface area (Å²) in [6.07, 6.45) is 9.73. The molecule has 0 aromatic carbocycles. The smallest absolute Gasteiger partial charge is 0.323 e. The number of carbonyl (C=O) groups excluding carboxylic acids is 1. The van der Waals surface area contributed by atoms with Crippen molar-refractivity contribution < 1.29 is 9.53 Å². The Labute approximate surface area is 122 Å². The molecule has 4 saturated carbocycles. The predicted molar refractivity (Wildman–Crippen MR) is 77.2 cm³/mol. The maximum atomic E-state index is 11.9. The van der Waals surface area contributed by atoms with Gasteiger partial charge in [0.15, 0.2) is 0 Å². The first-order chi connectivity index (χ1) is 9.61. The van der Waals surface area contributed by atoms with Crippen LogP contribution in [0, 0.1) is 23.2 Å². The Morgan fingerprint density at radius 3 is 2.10 bits per heavy atom. The van der Waals surface area contributed by atoms with Crippen LogP contribution in [0.1, 0.15) is 51.9 Å². The lowest BCUT2D eigenvalue weighted by atomic mass is 9.47. The first-order valence-corrected chi connectivity index (χ1v) is 8.45. The van der Waals surface area contributed by atoms with Crippen LogP contribution in [0.2, 0.25) is 0 Å². The third-order valence-electron chi connectivity index (χ3n) is 7.00. The molecule has 0 aromatic heterocycles. The van der Waals surface area contributed by atoms with E-state index < -0.39 is 0 Å². The van der Waals surface area contributed by atoms with Gasteiger partial charge in [-0.05, 0) is 75.0 Å². The summed E-state index contributed by atoms with van der Waals surface area (Å²) in [5.74, 6) is 2.94. The molecule has 5 aliphatic rings. The molecule has 4 aliphatic carbocycles. The number of esters is 1. The average molecular weight is 277 g/mol. The quantitative estimate of drug-likeness (QED) is 0.743. The molecule has 0 amide bonds.